The molecule has 0 heterocycles. The number of ketones is 1. The van der Waals surface area contributed by atoms with Gasteiger partial charge in [0.1, 0.15) is 0 Å². The van der Waals surface area contributed by atoms with Crippen LogP contribution in [0.4, 0.5) is 0 Å². The predicted octanol–water partition coefficient (Wildman–Crippen LogP) is 6.23. The van der Waals surface area contributed by atoms with Gasteiger partial charge in [-0.15, -0.1) is 0 Å². The second kappa shape index (κ2) is 13.2. The van der Waals surface area contributed by atoms with E-state index < -0.39 is 5.97 Å². The fourth-order valence-corrected chi connectivity index (χ4v) is 3.32. The van der Waals surface area contributed by atoms with Gasteiger partial charge in [0.2, 0.25) is 0 Å². The molecule has 0 atom stereocenters. The maximum Gasteiger partial charge on any atom is 0.308 e. The molecule has 0 bridgehead atoms. The molecule has 0 saturated heterocycles. The molecule has 0 fully saturated rings. The molecule has 2 aromatic rings. The molecular formula is C26H31NO4. The first-order valence-corrected chi connectivity index (χ1v) is 11.0. The minimum Gasteiger partial charge on any atom is -0.490 e. The highest BCUT2D eigenvalue weighted by atomic mass is 16.6. The van der Waals surface area contributed by atoms with Crippen LogP contribution >= 0.6 is 0 Å². The van der Waals surface area contributed by atoms with Gasteiger partial charge in [0.15, 0.2) is 17.3 Å². The van der Waals surface area contributed by atoms with Crippen molar-refractivity contribution in [3.8, 4) is 17.6 Å². The predicted molar refractivity (Wildman–Crippen MR) is 120 cm³/mol. The van der Waals surface area contributed by atoms with Crippen molar-refractivity contribution in [1.82, 2.24) is 0 Å². The summed E-state index contributed by atoms with van der Waals surface area (Å²) in [5.41, 5.74) is 1.18. The summed E-state index contributed by atoms with van der Waals surface area (Å²) >= 11 is 0. The van der Waals surface area contributed by atoms with Gasteiger partial charge in [-0.2, -0.15) is 5.26 Å². The first-order valence-electron chi connectivity index (χ1n) is 11.0. The van der Waals surface area contributed by atoms with Gasteiger partial charge in [-0.25, -0.2) is 0 Å². The lowest BCUT2D eigenvalue weighted by Gasteiger charge is -2.12. The van der Waals surface area contributed by atoms with E-state index in [0.717, 1.165) is 12.8 Å². The van der Waals surface area contributed by atoms with Crippen LogP contribution in [0.5, 0.6) is 11.5 Å². The SMILES string of the molecule is CCCCCCCCCCOc1ccc(C(=O)c2cccc(C#N)c2)cc1OC(C)=O. The van der Waals surface area contributed by atoms with Crippen LogP contribution in [0.25, 0.3) is 0 Å². The normalized spacial score (nSPS) is 10.4. The average molecular weight is 422 g/mol. The summed E-state index contributed by atoms with van der Waals surface area (Å²) in [5, 5.41) is 9.04. The summed E-state index contributed by atoms with van der Waals surface area (Å²) in [7, 11) is 0. The Morgan fingerprint density at radius 3 is 2.23 bits per heavy atom. The number of hydrogen-bond donors (Lipinski definition) is 0. The Morgan fingerprint density at radius 2 is 1.55 bits per heavy atom. The third-order valence-electron chi connectivity index (χ3n) is 4.97. The molecule has 0 aliphatic heterocycles. The van der Waals surface area contributed by atoms with Crippen LogP contribution in [-0.4, -0.2) is 18.4 Å². The molecule has 164 valence electrons. The lowest BCUT2D eigenvalue weighted by atomic mass is 10.0. The number of unbranched alkanes of at least 4 members (excludes halogenated alkanes) is 7. The molecule has 0 aliphatic rings. The standard InChI is InChI=1S/C26H31NO4/c1-3-4-5-6-7-8-9-10-16-30-24-15-14-23(18-25(24)31-20(2)28)26(29)22-13-11-12-21(17-22)19-27/h11-15,17-18H,3-10,16H2,1-2H3. The van der Waals surface area contributed by atoms with Gasteiger partial charge in [0.05, 0.1) is 18.2 Å². The Labute approximate surface area is 185 Å². The summed E-state index contributed by atoms with van der Waals surface area (Å²) in [4.78, 5) is 24.3. The second-order valence-corrected chi connectivity index (χ2v) is 7.60. The minimum atomic E-state index is -0.479. The van der Waals surface area contributed by atoms with Gasteiger partial charge in [0, 0.05) is 18.1 Å². The molecule has 5 heteroatoms. The maximum atomic E-state index is 12.8. The molecular weight excluding hydrogens is 390 g/mol. The van der Waals surface area contributed by atoms with Crippen molar-refractivity contribution in [2.24, 2.45) is 0 Å². The van der Waals surface area contributed by atoms with Gasteiger partial charge >= 0.3 is 5.97 Å². The van der Waals surface area contributed by atoms with Crippen molar-refractivity contribution in [1.29, 1.82) is 5.26 Å². The summed E-state index contributed by atoms with van der Waals surface area (Å²) < 4.78 is 11.1. The lowest BCUT2D eigenvalue weighted by molar-refractivity contribution is -0.132. The molecule has 0 saturated carbocycles. The summed E-state index contributed by atoms with van der Waals surface area (Å²) in [6, 6.07) is 13.4. The monoisotopic (exact) mass is 421 g/mol. The first kappa shape index (κ1) is 24.1. The number of hydrogen-bond acceptors (Lipinski definition) is 5. The van der Waals surface area contributed by atoms with Crippen molar-refractivity contribution in [2.45, 2.75) is 65.2 Å². The van der Waals surface area contributed by atoms with E-state index in [1.54, 1.807) is 36.4 Å². The number of benzene rings is 2. The zero-order valence-electron chi connectivity index (χ0n) is 18.5. The highest BCUT2D eigenvalue weighted by molar-refractivity contribution is 6.09. The third kappa shape index (κ3) is 8.25. The van der Waals surface area contributed by atoms with E-state index in [2.05, 4.69) is 6.92 Å². The highest BCUT2D eigenvalue weighted by Crippen LogP contribution is 2.30. The van der Waals surface area contributed by atoms with Crippen molar-refractivity contribution in [2.75, 3.05) is 6.61 Å². The molecule has 0 unspecified atom stereocenters. The number of carbonyl (C=O) groups is 2. The molecule has 0 amide bonds. The van der Waals surface area contributed by atoms with Crippen molar-refractivity contribution in [3.63, 3.8) is 0 Å². The van der Waals surface area contributed by atoms with Crippen LogP contribution < -0.4 is 9.47 Å². The molecule has 0 spiro atoms. The van der Waals surface area contributed by atoms with Gasteiger partial charge in [-0.3, -0.25) is 9.59 Å². The average Bonchev–Trinajstić information content (AvgIpc) is 2.78. The Morgan fingerprint density at radius 1 is 0.871 bits per heavy atom. The van der Waals surface area contributed by atoms with E-state index in [9.17, 15) is 9.59 Å². The number of esters is 1. The van der Waals surface area contributed by atoms with E-state index in [1.807, 2.05) is 6.07 Å². The van der Waals surface area contributed by atoms with E-state index >= 15 is 0 Å². The zero-order valence-corrected chi connectivity index (χ0v) is 18.5. The van der Waals surface area contributed by atoms with Crippen LogP contribution in [0.1, 0.15) is 86.7 Å². The highest BCUT2D eigenvalue weighted by Gasteiger charge is 2.15. The van der Waals surface area contributed by atoms with Crippen LogP contribution in [0, 0.1) is 11.3 Å². The van der Waals surface area contributed by atoms with Crippen molar-refractivity contribution in [3.05, 3.63) is 59.2 Å². The van der Waals surface area contributed by atoms with Gasteiger partial charge in [-0.05, 0) is 36.8 Å². The zero-order chi connectivity index (χ0) is 22.5. The molecule has 0 aromatic heterocycles. The quantitative estimate of drug-likeness (QED) is 0.166. The number of ether oxygens (including phenoxy) is 2. The molecule has 0 radical (unpaired) electrons. The van der Waals surface area contributed by atoms with Crippen LogP contribution in [0.2, 0.25) is 0 Å². The van der Waals surface area contributed by atoms with E-state index in [-0.39, 0.29) is 11.5 Å². The van der Waals surface area contributed by atoms with E-state index in [0.29, 0.717) is 29.0 Å². The molecule has 0 N–H and O–H groups in total. The van der Waals surface area contributed by atoms with Gasteiger partial charge < -0.3 is 9.47 Å². The Bertz CT molecular complexity index is 914. The fourth-order valence-electron chi connectivity index (χ4n) is 3.32. The topological polar surface area (TPSA) is 76.4 Å². The van der Waals surface area contributed by atoms with Gasteiger partial charge in [-0.1, -0.05) is 64.0 Å². The largest absolute Gasteiger partial charge is 0.490 e. The molecule has 5 nitrogen and oxygen atoms in total. The molecule has 2 rings (SSSR count). The molecule has 31 heavy (non-hydrogen) atoms. The summed E-state index contributed by atoms with van der Waals surface area (Å²) in [6.07, 6.45) is 9.64. The number of nitrogens with zero attached hydrogens (tertiary/aromatic N) is 1. The van der Waals surface area contributed by atoms with Crippen molar-refractivity contribution < 1.29 is 19.1 Å². The van der Waals surface area contributed by atoms with E-state index in [4.69, 9.17) is 14.7 Å². The lowest BCUT2D eigenvalue weighted by Crippen LogP contribution is -2.08. The molecule has 0 aliphatic carbocycles. The fraction of sp³-hybridized carbons (Fsp3) is 0.423. The van der Waals surface area contributed by atoms with E-state index in [1.165, 1.54) is 51.5 Å². The number of nitriles is 1. The molecule has 2 aromatic carbocycles. The summed E-state index contributed by atoms with van der Waals surface area (Å²) in [5.74, 6) is -0.0528. The number of carbonyl (C=O) groups excluding carboxylic acids is 2. The smallest absolute Gasteiger partial charge is 0.308 e. The van der Waals surface area contributed by atoms with Crippen LogP contribution in [0.3, 0.4) is 0 Å². The van der Waals surface area contributed by atoms with Crippen LogP contribution in [0.15, 0.2) is 42.5 Å². The summed E-state index contributed by atoms with van der Waals surface area (Å²) in [6.45, 7) is 4.06. The maximum absolute atomic E-state index is 12.8. The number of rotatable bonds is 13. The van der Waals surface area contributed by atoms with Gasteiger partial charge in [0.25, 0.3) is 0 Å². The Balaban J connectivity index is 1.97. The Kier molecular flexibility index (Phi) is 10.3. The van der Waals surface area contributed by atoms with Crippen LogP contribution in [-0.2, 0) is 4.79 Å². The third-order valence-corrected chi connectivity index (χ3v) is 4.97. The van der Waals surface area contributed by atoms with Crippen molar-refractivity contribution >= 4 is 11.8 Å². The Hall–Kier alpha value is -3.13. The second-order valence-electron chi connectivity index (χ2n) is 7.60. The minimum absolute atomic E-state index is 0.231. The first-order chi connectivity index (χ1) is 15.0.